The number of ether oxygens (including phenoxy) is 1. The minimum Gasteiger partial charge on any atom is -0.492 e. The lowest BCUT2D eigenvalue weighted by Gasteiger charge is -2.27. The summed E-state index contributed by atoms with van der Waals surface area (Å²) in [5.41, 5.74) is 2.66. The number of nitrogens with zero attached hydrogens (tertiary/aromatic N) is 2. The monoisotopic (exact) mass is 298 g/mol. The first-order valence-corrected chi connectivity index (χ1v) is 7.26. The maximum Gasteiger partial charge on any atom is 0.325 e. The van der Waals surface area contributed by atoms with E-state index in [-0.39, 0.29) is 0 Å². The van der Waals surface area contributed by atoms with Gasteiger partial charge in [0.05, 0.1) is 0 Å². The van der Waals surface area contributed by atoms with E-state index in [2.05, 4.69) is 4.98 Å². The van der Waals surface area contributed by atoms with Gasteiger partial charge in [0.25, 0.3) is 0 Å². The molecule has 0 saturated carbocycles. The molecule has 114 valence electrons. The first-order chi connectivity index (χ1) is 10.7. The number of carbonyl (C=O) groups is 1. The number of aryl methyl sites for hydroxylation is 1. The van der Waals surface area contributed by atoms with Crippen molar-refractivity contribution in [2.24, 2.45) is 0 Å². The summed E-state index contributed by atoms with van der Waals surface area (Å²) in [6.45, 7) is 3.50. The highest BCUT2D eigenvalue weighted by Gasteiger charge is 2.32. The fourth-order valence-electron chi connectivity index (χ4n) is 2.80. The maximum atomic E-state index is 11.8. The summed E-state index contributed by atoms with van der Waals surface area (Å²) < 4.78 is 5.71. The molecule has 0 saturated heterocycles. The summed E-state index contributed by atoms with van der Waals surface area (Å²) in [5, 5.41) is 9.71. The molecule has 22 heavy (non-hydrogen) atoms. The molecule has 0 amide bonds. The molecule has 1 aromatic heterocycles. The second-order valence-electron chi connectivity index (χ2n) is 5.35. The van der Waals surface area contributed by atoms with Gasteiger partial charge in [0, 0.05) is 30.5 Å². The van der Waals surface area contributed by atoms with Crippen molar-refractivity contribution in [3.05, 3.63) is 59.4 Å². The van der Waals surface area contributed by atoms with E-state index in [1.54, 1.807) is 6.20 Å². The molecule has 3 rings (SSSR count). The average Bonchev–Trinajstić information content (AvgIpc) is 2.68. The van der Waals surface area contributed by atoms with Gasteiger partial charge >= 0.3 is 5.97 Å². The van der Waals surface area contributed by atoms with Crippen molar-refractivity contribution in [1.82, 2.24) is 9.88 Å². The number of para-hydroxylation sites is 1. The molecule has 0 radical (unpaired) electrons. The Morgan fingerprint density at radius 1 is 1.36 bits per heavy atom. The lowest BCUT2D eigenvalue weighted by molar-refractivity contribution is -0.143. The summed E-state index contributed by atoms with van der Waals surface area (Å²) in [6, 6.07) is 10.5. The Bertz CT molecular complexity index is 687. The topological polar surface area (TPSA) is 62.7 Å². The zero-order valence-electron chi connectivity index (χ0n) is 12.4. The number of benzene rings is 1. The van der Waals surface area contributed by atoms with Crippen LogP contribution >= 0.6 is 0 Å². The molecule has 1 N–H and O–H groups in total. The van der Waals surface area contributed by atoms with Gasteiger partial charge in [0.15, 0.2) is 0 Å². The van der Waals surface area contributed by atoms with Gasteiger partial charge in [-0.3, -0.25) is 14.7 Å². The van der Waals surface area contributed by atoms with Crippen LogP contribution in [0.15, 0.2) is 42.6 Å². The number of aliphatic carboxylic acids is 1. The number of hydrogen-bond donors (Lipinski definition) is 1. The Morgan fingerprint density at radius 3 is 2.95 bits per heavy atom. The summed E-state index contributed by atoms with van der Waals surface area (Å²) in [6.07, 6.45) is 1.74. The molecule has 5 heteroatoms. The number of carboxylic acid groups (broad SMARTS) is 1. The Hall–Kier alpha value is -2.40. The van der Waals surface area contributed by atoms with Gasteiger partial charge in [-0.1, -0.05) is 24.3 Å². The zero-order valence-corrected chi connectivity index (χ0v) is 12.4. The van der Waals surface area contributed by atoms with Gasteiger partial charge in [-0.2, -0.15) is 0 Å². The zero-order chi connectivity index (χ0) is 15.5. The second kappa shape index (κ2) is 6.15. The lowest BCUT2D eigenvalue weighted by atomic mass is 10.0. The van der Waals surface area contributed by atoms with E-state index < -0.39 is 12.0 Å². The molecular weight excluding hydrogens is 280 g/mol. The molecule has 1 aromatic carbocycles. The Kier molecular flexibility index (Phi) is 4.06. The highest BCUT2D eigenvalue weighted by atomic mass is 16.5. The first kappa shape index (κ1) is 14.5. The SMILES string of the molecule is Cc1ncccc1CN1CCOc2ccccc2C1C(=O)O. The van der Waals surface area contributed by atoms with Crippen molar-refractivity contribution in [3.63, 3.8) is 0 Å². The highest BCUT2D eigenvalue weighted by Crippen LogP contribution is 2.33. The quantitative estimate of drug-likeness (QED) is 0.943. The third-order valence-corrected chi connectivity index (χ3v) is 3.94. The van der Waals surface area contributed by atoms with Crippen LogP contribution in [-0.2, 0) is 11.3 Å². The Labute approximate surface area is 129 Å². The number of rotatable bonds is 3. The van der Waals surface area contributed by atoms with Crippen LogP contribution in [0.5, 0.6) is 5.75 Å². The van der Waals surface area contributed by atoms with Gasteiger partial charge in [-0.25, -0.2) is 0 Å². The highest BCUT2D eigenvalue weighted by molar-refractivity contribution is 5.77. The normalized spacial score (nSPS) is 18.1. The number of hydrogen-bond acceptors (Lipinski definition) is 4. The van der Waals surface area contributed by atoms with Crippen LogP contribution in [0.4, 0.5) is 0 Å². The van der Waals surface area contributed by atoms with Crippen LogP contribution in [0.1, 0.15) is 22.9 Å². The average molecular weight is 298 g/mol. The molecule has 1 unspecified atom stereocenters. The molecule has 0 bridgehead atoms. The maximum absolute atomic E-state index is 11.8. The summed E-state index contributed by atoms with van der Waals surface area (Å²) in [5.74, 6) is -0.209. The second-order valence-corrected chi connectivity index (χ2v) is 5.35. The van der Waals surface area contributed by atoms with Crippen LogP contribution in [-0.4, -0.2) is 34.1 Å². The molecule has 2 heterocycles. The van der Waals surface area contributed by atoms with Crippen LogP contribution in [0, 0.1) is 6.92 Å². The van der Waals surface area contributed by atoms with E-state index in [1.807, 2.05) is 48.2 Å². The number of pyridine rings is 1. The van der Waals surface area contributed by atoms with Crippen molar-refractivity contribution in [3.8, 4) is 5.75 Å². The van der Waals surface area contributed by atoms with E-state index in [9.17, 15) is 9.90 Å². The van der Waals surface area contributed by atoms with E-state index in [0.29, 0.717) is 31.0 Å². The summed E-state index contributed by atoms with van der Waals surface area (Å²) >= 11 is 0. The number of carboxylic acids is 1. The summed E-state index contributed by atoms with van der Waals surface area (Å²) in [7, 11) is 0. The molecule has 5 nitrogen and oxygen atoms in total. The van der Waals surface area contributed by atoms with Crippen molar-refractivity contribution < 1.29 is 14.6 Å². The van der Waals surface area contributed by atoms with Crippen molar-refractivity contribution >= 4 is 5.97 Å². The Morgan fingerprint density at radius 2 is 2.18 bits per heavy atom. The molecule has 1 atom stereocenters. The standard InChI is InChI=1S/C17H18N2O3/c1-12-13(5-4-8-18-12)11-19-9-10-22-15-7-3-2-6-14(15)16(19)17(20)21/h2-8,16H,9-11H2,1H3,(H,20,21). The van der Waals surface area contributed by atoms with Crippen molar-refractivity contribution in [1.29, 1.82) is 0 Å². The third-order valence-electron chi connectivity index (χ3n) is 3.94. The number of fused-ring (bicyclic) bond motifs is 1. The predicted octanol–water partition coefficient (Wildman–Crippen LogP) is 2.41. The minimum atomic E-state index is -0.862. The number of aromatic nitrogens is 1. The van der Waals surface area contributed by atoms with Crippen LogP contribution in [0.2, 0.25) is 0 Å². The largest absolute Gasteiger partial charge is 0.492 e. The first-order valence-electron chi connectivity index (χ1n) is 7.26. The van der Waals surface area contributed by atoms with Gasteiger partial charge < -0.3 is 9.84 Å². The van der Waals surface area contributed by atoms with Crippen molar-refractivity contribution in [2.75, 3.05) is 13.2 Å². The molecule has 0 spiro atoms. The lowest BCUT2D eigenvalue weighted by Crippen LogP contribution is -2.35. The molecule has 0 aliphatic carbocycles. The smallest absolute Gasteiger partial charge is 0.325 e. The van der Waals surface area contributed by atoms with Crippen molar-refractivity contribution in [2.45, 2.75) is 19.5 Å². The predicted molar refractivity (Wildman–Crippen MR) is 81.7 cm³/mol. The Balaban J connectivity index is 1.96. The van der Waals surface area contributed by atoms with Gasteiger partial charge in [-0.05, 0) is 24.6 Å². The van der Waals surface area contributed by atoms with Gasteiger partial charge in [-0.15, -0.1) is 0 Å². The van der Waals surface area contributed by atoms with E-state index in [0.717, 1.165) is 11.3 Å². The van der Waals surface area contributed by atoms with E-state index in [4.69, 9.17) is 4.74 Å². The molecular formula is C17H18N2O3. The van der Waals surface area contributed by atoms with Gasteiger partial charge in [0.1, 0.15) is 18.4 Å². The van der Waals surface area contributed by atoms with E-state index >= 15 is 0 Å². The van der Waals surface area contributed by atoms with E-state index in [1.165, 1.54) is 0 Å². The van der Waals surface area contributed by atoms with Gasteiger partial charge in [0.2, 0.25) is 0 Å². The summed E-state index contributed by atoms with van der Waals surface area (Å²) in [4.78, 5) is 18.0. The fraction of sp³-hybridized carbons (Fsp3) is 0.294. The van der Waals surface area contributed by atoms with Crippen LogP contribution in [0.3, 0.4) is 0 Å². The fourth-order valence-corrected chi connectivity index (χ4v) is 2.80. The molecule has 1 aliphatic heterocycles. The molecule has 1 aliphatic rings. The van der Waals surface area contributed by atoms with Crippen LogP contribution in [0.25, 0.3) is 0 Å². The van der Waals surface area contributed by atoms with Crippen LogP contribution < -0.4 is 4.74 Å². The molecule has 0 fully saturated rings. The molecule has 2 aromatic rings. The third kappa shape index (κ3) is 2.80. The minimum absolute atomic E-state index is 0.472.